The predicted octanol–water partition coefficient (Wildman–Crippen LogP) is 2.90. The van der Waals surface area contributed by atoms with E-state index in [2.05, 4.69) is 4.98 Å². The number of aryl methyl sites for hydroxylation is 1. The Morgan fingerprint density at radius 2 is 1.65 bits per heavy atom. The number of carbonyl (C=O) groups excluding carboxylic acids is 1. The molecule has 2 nitrogen and oxygen atoms in total. The van der Waals surface area contributed by atoms with E-state index in [4.69, 9.17) is 0 Å². The molecule has 1 aromatic carbocycles. The fourth-order valence-electron chi connectivity index (χ4n) is 1.53. The molecule has 0 atom stereocenters. The van der Waals surface area contributed by atoms with Gasteiger partial charge < -0.3 is 0 Å². The quantitative estimate of drug-likeness (QED) is 0.746. The highest BCUT2D eigenvalue weighted by molar-refractivity contribution is 6.08. The lowest BCUT2D eigenvalue weighted by atomic mass is 10.0. The summed E-state index contributed by atoms with van der Waals surface area (Å²) in [4.78, 5) is 15.8. The molecule has 1 heterocycles. The van der Waals surface area contributed by atoms with Crippen molar-refractivity contribution < 1.29 is 13.6 Å². The lowest BCUT2D eigenvalue weighted by molar-refractivity contribution is 0.103. The van der Waals surface area contributed by atoms with Crippen LogP contribution < -0.4 is 0 Å². The Hall–Kier alpha value is -2.10. The van der Waals surface area contributed by atoms with E-state index in [-0.39, 0.29) is 5.56 Å². The summed E-state index contributed by atoms with van der Waals surface area (Å²) >= 11 is 0. The molecule has 0 saturated heterocycles. The molecule has 0 amide bonds. The maximum atomic E-state index is 13.0. The molecule has 2 aromatic rings. The first-order valence-electron chi connectivity index (χ1n) is 4.99. The molecule has 86 valence electrons. The SMILES string of the molecule is Cc1cncc(C(=O)c2cc(F)cc(F)c2)c1. The highest BCUT2D eigenvalue weighted by atomic mass is 19.1. The highest BCUT2D eigenvalue weighted by Crippen LogP contribution is 2.13. The fraction of sp³-hybridized carbons (Fsp3) is 0.0769. The van der Waals surface area contributed by atoms with Crippen LogP contribution in [0.4, 0.5) is 8.78 Å². The molecule has 4 heteroatoms. The number of aromatic nitrogens is 1. The Labute approximate surface area is 96.9 Å². The normalized spacial score (nSPS) is 10.3. The van der Waals surface area contributed by atoms with Crippen LogP contribution in [0.2, 0.25) is 0 Å². The zero-order valence-electron chi connectivity index (χ0n) is 9.08. The molecular weight excluding hydrogens is 224 g/mol. The van der Waals surface area contributed by atoms with Gasteiger partial charge in [-0.3, -0.25) is 9.78 Å². The Kier molecular flexibility index (Phi) is 2.95. The average molecular weight is 233 g/mol. The van der Waals surface area contributed by atoms with E-state index in [9.17, 15) is 13.6 Å². The third-order valence-corrected chi connectivity index (χ3v) is 2.26. The molecule has 0 N–H and O–H groups in total. The van der Waals surface area contributed by atoms with Gasteiger partial charge in [-0.1, -0.05) is 0 Å². The van der Waals surface area contributed by atoms with Crippen LogP contribution in [0, 0.1) is 18.6 Å². The number of pyridine rings is 1. The van der Waals surface area contributed by atoms with Crippen molar-refractivity contribution in [2.24, 2.45) is 0 Å². The zero-order chi connectivity index (χ0) is 12.4. The summed E-state index contributed by atoms with van der Waals surface area (Å²) in [5.74, 6) is -1.98. The summed E-state index contributed by atoms with van der Waals surface area (Å²) < 4.78 is 26.0. The van der Waals surface area contributed by atoms with Gasteiger partial charge in [-0.25, -0.2) is 8.78 Å². The third-order valence-electron chi connectivity index (χ3n) is 2.26. The molecule has 0 aliphatic heterocycles. The second-order valence-electron chi connectivity index (χ2n) is 3.74. The van der Waals surface area contributed by atoms with Crippen LogP contribution in [0.5, 0.6) is 0 Å². The molecule has 0 aliphatic carbocycles. The summed E-state index contributed by atoms with van der Waals surface area (Å²) in [7, 11) is 0. The van der Waals surface area contributed by atoms with E-state index >= 15 is 0 Å². The average Bonchev–Trinajstić information content (AvgIpc) is 2.26. The Bertz CT molecular complexity index is 561. The van der Waals surface area contributed by atoms with E-state index in [1.807, 2.05) is 0 Å². The van der Waals surface area contributed by atoms with Gasteiger partial charge >= 0.3 is 0 Å². The van der Waals surface area contributed by atoms with E-state index in [0.29, 0.717) is 5.56 Å². The first-order valence-corrected chi connectivity index (χ1v) is 4.99. The van der Waals surface area contributed by atoms with Crippen molar-refractivity contribution in [3.05, 3.63) is 65.0 Å². The topological polar surface area (TPSA) is 30.0 Å². The zero-order valence-corrected chi connectivity index (χ0v) is 9.08. The van der Waals surface area contributed by atoms with E-state index < -0.39 is 17.4 Å². The van der Waals surface area contributed by atoms with Crippen molar-refractivity contribution in [2.45, 2.75) is 6.92 Å². The Morgan fingerprint density at radius 1 is 1.00 bits per heavy atom. The van der Waals surface area contributed by atoms with Crippen molar-refractivity contribution in [2.75, 3.05) is 0 Å². The van der Waals surface area contributed by atoms with Crippen molar-refractivity contribution in [3.63, 3.8) is 0 Å². The molecular formula is C13H9F2NO. The first kappa shape index (κ1) is 11.4. The van der Waals surface area contributed by atoms with E-state index in [0.717, 1.165) is 23.8 Å². The van der Waals surface area contributed by atoms with Gasteiger partial charge in [0.25, 0.3) is 0 Å². The number of nitrogens with zero attached hydrogens (tertiary/aromatic N) is 1. The second kappa shape index (κ2) is 4.41. The van der Waals surface area contributed by atoms with Crippen LogP contribution in [0.15, 0.2) is 36.7 Å². The summed E-state index contributed by atoms with van der Waals surface area (Å²) in [5, 5.41) is 0. The second-order valence-corrected chi connectivity index (χ2v) is 3.74. The van der Waals surface area contributed by atoms with E-state index in [1.54, 1.807) is 19.2 Å². The van der Waals surface area contributed by atoms with Gasteiger partial charge in [0, 0.05) is 29.6 Å². The monoisotopic (exact) mass is 233 g/mol. The molecule has 0 aliphatic rings. The van der Waals surface area contributed by atoms with Crippen molar-refractivity contribution in [1.82, 2.24) is 4.98 Å². The number of rotatable bonds is 2. The van der Waals surface area contributed by atoms with Gasteiger partial charge in [0.1, 0.15) is 11.6 Å². The minimum atomic E-state index is -0.769. The maximum absolute atomic E-state index is 13.0. The van der Waals surface area contributed by atoms with Gasteiger partial charge in [-0.15, -0.1) is 0 Å². The summed E-state index contributed by atoms with van der Waals surface area (Å²) in [6.45, 7) is 1.79. The van der Waals surface area contributed by atoms with Crippen LogP contribution in [0.3, 0.4) is 0 Å². The predicted molar refractivity (Wildman–Crippen MR) is 58.8 cm³/mol. The number of halogens is 2. The minimum Gasteiger partial charge on any atom is -0.289 e. The molecule has 17 heavy (non-hydrogen) atoms. The molecule has 0 saturated carbocycles. The lowest BCUT2D eigenvalue weighted by Gasteiger charge is -2.02. The standard InChI is InChI=1S/C13H9F2NO/c1-8-2-10(7-16-6-8)13(17)9-3-11(14)5-12(15)4-9/h2-7H,1H3. The minimum absolute atomic E-state index is 0.0186. The van der Waals surface area contributed by atoms with Crippen LogP contribution in [0.25, 0.3) is 0 Å². The fourth-order valence-corrected chi connectivity index (χ4v) is 1.53. The molecule has 0 radical (unpaired) electrons. The first-order chi connectivity index (χ1) is 8.06. The van der Waals surface area contributed by atoms with Gasteiger partial charge in [-0.05, 0) is 30.7 Å². The van der Waals surface area contributed by atoms with Crippen molar-refractivity contribution >= 4 is 5.78 Å². The molecule has 2 rings (SSSR count). The van der Waals surface area contributed by atoms with Gasteiger partial charge in [0.15, 0.2) is 5.78 Å². The number of carbonyl (C=O) groups is 1. The lowest BCUT2D eigenvalue weighted by Crippen LogP contribution is -2.03. The molecule has 0 unspecified atom stereocenters. The Morgan fingerprint density at radius 3 is 2.24 bits per heavy atom. The van der Waals surface area contributed by atoms with E-state index in [1.165, 1.54) is 6.20 Å². The van der Waals surface area contributed by atoms with Crippen LogP contribution >= 0.6 is 0 Å². The van der Waals surface area contributed by atoms with Gasteiger partial charge in [0.2, 0.25) is 0 Å². The largest absolute Gasteiger partial charge is 0.289 e. The summed E-state index contributed by atoms with van der Waals surface area (Å²) in [5.41, 5.74) is 1.11. The van der Waals surface area contributed by atoms with Gasteiger partial charge in [-0.2, -0.15) is 0 Å². The number of benzene rings is 1. The summed E-state index contributed by atoms with van der Waals surface area (Å²) in [6.07, 6.45) is 2.97. The molecule has 0 bridgehead atoms. The Balaban J connectivity index is 2.43. The van der Waals surface area contributed by atoms with Gasteiger partial charge in [0.05, 0.1) is 0 Å². The third kappa shape index (κ3) is 2.53. The highest BCUT2D eigenvalue weighted by Gasteiger charge is 2.12. The molecule has 1 aromatic heterocycles. The van der Waals surface area contributed by atoms with Crippen LogP contribution in [-0.2, 0) is 0 Å². The number of hydrogen-bond donors (Lipinski definition) is 0. The molecule has 0 fully saturated rings. The molecule has 0 spiro atoms. The van der Waals surface area contributed by atoms with Crippen LogP contribution in [0.1, 0.15) is 21.5 Å². The van der Waals surface area contributed by atoms with Crippen molar-refractivity contribution in [1.29, 1.82) is 0 Å². The number of ketones is 1. The summed E-state index contributed by atoms with van der Waals surface area (Å²) in [6, 6.07) is 4.37. The number of hydrogen-bond acceptors (Lipinski definition) is 2. The van der Waals surface area contributed by atoms with Crippen molar-refractivity contribution in [3.8, 4) is 0 Å². The smallest absolute Gasteiger partial charge is 0.194 e. The van der Waals surface area contributed by atoms with Crippen LogP contribution in [-0.4, -0.2) is 10.8 Å². The maximum Gasteiger partial charge on any atom is 0.194 e.